The van der Waals surface area contributed by atoms with Crippen LogP contribution in [0, 0.1) is 13.8 Å². The molecule has 0 spiro atoms. The molecule has 0 radical (unpaired) electrons. The highest BCUT2D eigenvalue weighted by Crippen LogP contribution is 2.32. The second-order valence-corrected chi connectivity index (χ2v) is 5.39. The molecular weight excluding hydrogens is 258 g/mol. The van der Waals surface area contributed by atoms with E-state index < -0.39 is 0 Å². The Bertz CT molecular complexity index is 966. The van der Waals surface area contributed by atoms with Gasteiger partial charge in [0, 0.05) is 41.5 Å². The van der Waals surface area contributed by atoms with Crippen molar-refractivity contribution in [2.24, 2.45) is 0 Å². The highest BCUT2D eigenvalue weighted by Gasteiger charge is 2.18. The fraction of sp³-hybridized carbons (Fsp3) is 0.105. The summed E-state index contributed by atoms with van der Waals surface area (Å²) in [5, 5.41) is 2.39. The second kappa shape index (κ2) is 4.45. The Hall–Kier alpha value is -2.61. The molecule has 2 heterocycles. The summed E-state index contributed by atoms with van der Waals surface area (Å²) in [6, 6.07) is 18.7. The van der Waals surface area contributed by atoms with Crippen molar-refractivity contribution in [2.45, 2.75) is 13.8 Å². The lowest BCUT2D eigenvalue weighted by atomic mass is 10.1. The normalized spacial score (nSPS) is 11.3. The van der Waals surface area contributed by atoms with Crippen LogP contribution < -0.4 is 4.57 Å². The average molecular weight is 274 g/mol. The van der Waals surface area contributed by atoms with Gasteiger partial charge >= 0.3 is 0 Å². The number of benzene rings is 2. The van der Waals surface area contributed by atoms with Gasteiger partial charge in [-0.25, -0.2) is 0 Å². The van der Waals surface area contributed by atoms with E-state index in [0.29, 0.717) is 0 Å². The first-order valence-electron chi connectivity index (χ1n) is 7.14. The number of fused-ring (bicyclic) bond motifs is 3. The molecule has 102 valence electrons. The van der Waals surface area contributed by atoms with Crippen LogP contribution in [0.1, 0.15) is 11.3 Å². The Morgan fingerprint density at radius 3 is 2.48 bits per heavy atom. The van der Waals surface area contributed by atoms with Gasteiger partial charge in [0.25, 0.3) is 0 Å². The van der Waals surface area contributed by atoms with Crippen molar-refractivity contribution >= 4 is 21.9 Å². The third kappa shape index (κ3) is 1.76. The van der Waals surface area contributed by atoms with Gasteiger partial charge in [-0.3, -0.25) is 0 Å². The van der Waals surface area contributed by atoms with E-state index in [-0.39, 0.29) is 0 Å². The largest absolute Gasteiger partial charge is 0.456 e. The van der Waals surface area contributed by atoms with Crippen LogP contribution >= 0.6 is 0 Å². The summed E-state index contributed by atoms with van der Waals surface area (Å²) in [5.41, 5.74) is 5.56. The van der Waals surface area contributed by atoms with Crippen LogP contribution in [0.25, 0.3) is 27.6 Å². The molecule has 0 atom stereocenters. The van der Waals surface area contributed by atoms with Gasteiger partial charge < -0.3 is 4.42 Å². The van der Waals surface area contributed by atoms with Gasteiger partial charge in [0.1, 0.15) is 11.2 Å². The number of furan rings is 1. The van der Waals surface area contributed by atoms with E-state index in [1.165, 1.54) is 27.7 Å². The number of aromatic nitrogens is 1. The van der Waals surface area contributed by atoms with Crippen molar-refractivity contribution in [1.29, 1.82) is 0 Å². The topological polar surface area (TPSA) is 17.0 Å². The van der Waals surface area contributed by atoms with Gasteiger partial charge in [0.15, 0.2) is 11.9 Å². The standard InChI is InChI=1S/C19H16NO/c1-13-7-5-6-12-20(13)16-10-11-18-19(14(16)2)15-8-3-4-9-17(15)21-18/h3-12H,1-2H3/q+1. The summed E-state index contributed by atoms with van der Waals surface area (Å²) >= 11 is 0. The zero-order valence-corrected chi connectivity index (χ0v) is 12.1. The molecule has 0 aliphatic carbocycles. The molecule has 2 aromatic carbocycles. The zero-order chi connectivity index (χ0) is 14.4. The number of rotatable bonds is 1. The van der Waals surface area contributed by atoms with Gasteiger partial charge in [-0.2, -0.15) is 4.57 Å². The third-order valence-electron chi connectivity index (χ3n) is 4.10. The summed E-state index contributed by atoms with van der Waals surface area (Å²) in [4.78, 5) is 0. The average Bonchev–Trinajstić information content (AvgIpc) is 2.88. The van der Waals surface area contributed by atoms with Crippen molar-refractivity contribution < 1.29 is 8.98 Å². The zero-order valence-electron chi connectivity index (χ0n) is 12.1. The lowest BCUT2D eigenvalue weighted by molar-refractivity contribution is -0.603. The molecule has 0 bridgehead atoms. The van der Waals surface area contributed by atoms with E-state index in [2.05, 4.69) is 67.1 Å². The Balaban J connectivity index is 2.11. The van der Waals surface area contributed by atoms with Crippen molar-refractivity contribution in [1.82, 2.24) is 0 Å². The number of hydrogen-bond acceptors (Lipinski definition) is 1. The van der Waals surface area contributed by atoms with E-state index in [9.17, 15) is 0 Å². The Kier molecular flexibility index (Phi) is 2.58. The molecule has 4 rings (SSSR count). The molecule has 4 aromatic rings. The van der Waals surface area contributed by atoms with Crippen molar-refractivity contribution in [3.63, 3.8) is 0 Å². The predicted molar refractivity (Wildman–Crippen MR) is 84.7 cm³/mol. The first-order chi connectivity index (χ1) is 10.3. The molecule has 0 aliphatic rings. The van der Waals surface area contributed by atoms with E-state index in [4.69, 9.17) is 4.42 Å². The van der Waals surface area contributed by atoms with E-state index >= 15 is 0 Å². The highest BCUT2D eigenvalue weighted by atomic mass is 16.3. The van der Waals surface area contributed by atoms with E-state index in [1.54, 1.807) is 0 Å². The smallest absolute Gasteiger partial charge is 0.214 e. The maximum Gasteiger partial charge on any atom is 0.214 e. The Labute approximate surface area is 123 Å². The molecule has 0 amide bonds. The van der Waals surface area contributed by atoms with Gasteiger partial charge in [0.05, 0.1) is 0 Å². The van der Waals surface area contributed by atoms with Crippen LogP contribution in [0.5, 0.6) is 0 Å². The predicted octanol–water partition coefficient (Wildman–Crippen LogP) is 4.48. The Morgan fingerprint density at radius 1 is 0.810 bits per heavy atom. The summed E-state index contributed by atoms with van der Waals surface area (Å²) in [5.74, 6) is 0. The minimum atomic E-state index is 0.947. The van der Waals surface area contributed by atoms with Gasteiger partial charge in [-0.1, -0.05) is 24.3 Å². The molecule has 0 aliphatic heterocycles. The van der Waals surface area contributed by atoms with Crippen LogP contribution in [0.2, 0.25) is 0 Å². The number of para-hydroxylation sites is 1. The van der Waals surface area contributed by atoms with Crippen molar-refractivity contribution in [3.8, 4) is 5.69 Å². The molecule has 0 N–H and O–H groups in total. The third-order valence-corrected chi connectivity index (χ3v) is 4.10. The maximum atomic E-state index is 5.95. The monoisotopic (exact) mass is 274 g/mol. The maximum absolute atomic E-state index is 5.95. The summed E-state index contributed by atoms with van der Waals surface area (Å²) in [6.45, 7) is 4.29. The SMILES string of the molecule is Cc1c(-[n+]2ccccc2C)ccc2oc3ccccc3c12. The van der Waals surface area contributed by atoms with Gasteiger partial charge in [0.2, 0.25) is 5.69 Å². The highest BCUT2D eigenvalue weighted by molar-refractivity contribution is 6.07. The van der Waals surface area contributed by atoms with Crippen molar-refractivity contribution in [3.05, 3.63) is 72.1 Å². The van der Waals surface area contributed by atoms with Crippen LogP contribution in [-0.4, -0.2) is 0 Å². The van der Waals surface area contributed by atoms with Crippen LogP contribution in [-0.2, 0) is 0 Å². The molecule has 0 fully saturated rings. The van der Waals surface area contributed by atoms with Crippen LogP contribution in [0.3, 0.4) is 0 Å². The molecule has 2 nitrogen and oxygen atoms in total. The molecule has 0 saturated carbocycles. The molecule has 2 heteroatoms. The van der Waals surface area contributed by atoms with E-state index in [1.807, 2.05) is 12.1 Å². The number of aryl methyl sites for hydroxylation is 2. The minimum Gasteiger partial charge on any atom is -0.456 e. The lowest BCUT2D eigenvalue weighted by Gasteiger charge is -2.03. The minimum absolute atomic E-state index is 0.947. The lowest BCUT2D eigenvalue weighted by Crippen LogP contribution is -2.34. The summed E-state index contributed by atoms with van der Waals surface area (Å²) in [7, 11) is 0. The van der Waals surface area contributed by atoms with Crippen LogP contribution in [0.15, 0.2) is 65.2 Å². The second-order valence-electron chi connectivity index (χ2n) is 5.39. The number of nitrogens with zero attached hydrogens (tertiary/aromatic N) is 1. The molecular formula is C19H16NO+. The Morgan fingerprint density at radius 2 is 1.62 bits per heavy atom. The first kappa shape index (κ1) is 12.2. The van der Waals surface area contributed by atoms with Gasteiger partial charge in [-0.05, 0) is 19.1 Å². The van der Waals surface area contributed by atoms with Crippen LogP contribution in [0.4, 0.5) is 0 Å². The quantitative estimate of drug-likeness (QED) is 0.468. The number of hydrogen-bond donors (Lipinski definition) is 0. The molecule has 0 unspecified atom stereocenters. The fourth-order valence-electron chi connectivity index (χ4n) is 3.04. The molecule has 21 heavy (non-hydrogen) atoms. The summed E-state index contributed by atoms with van der Waals surface area (Å²) < 4.78 is 8.16. The fourth-order valence-corrected chi connectivity index (χ4v) is 3.04. The summed E-state index contributed by atoms with van der Waals surface area (Å²) in [6.07, 6.45) is 2.10. The number of pyridine rings is 1. The van der Waals surface area contributed by atoms with Crippen molar-refractivity contribution in [2.75, 3.05) is 0 Å². The molecule has 0 saturated heterocycles. The first-order valence-corrected chi connectivity index (χ1v) is 7.14. The van der Waals surface area contributed by atoms with Gasteiger partial charge in [-0.15, -0.1) is 0 Å². The molecule has 2 aromatic heterocycles. The van der Waals surface area contributed by atoms with E-state index in [0.717, 1.165) is 11.2 Å².